The Morgan fingerprint density at radius 3 is 2.64 bits per heavy atom. The highest BCUT2D eigenvalue weighted by Gasteiger charge is 2.07. The van der Waals surface area contributed by atoms with Gasteiger partial charge in [-0.3, -0.25) is 4.98 Å². The highest BCUT2D eigenvalue weighted by Crippen LogP contribution is 2.22. The Morgan fingerprint density at radius 1 is 1.43 bits per heavy atom. The second-order valence-corrected chi connectivity index (χ2v) is 3.56. The zero-order valence-corrected chi connectivity index (χ0v) is 9.12. The fraction of sp³-hybridized carbons (Fsp3) is 0.308. The van der Waals surface area contributed by atoms with Crippen molar-refractivity contribution in [3.8, 4) is 0 Å². The first-order valence-corrected chi connectivity index (χ1v) is 4.94. The molecule has 14 heavy (non-hydrogen) atoms. The molecule has 1 aromatic rings. The topological polar surface area (TPSA) is 12.9 Å². The van der Waals surface area contributed by atoms with Gasteiger partial charge >= 0.3 is 0 Å². The number of nitrogens with zero attached hydrogens (tertiary/aromatic N) is 1. The van der Waals surface area contributed by atoms with E-state index < -0.39 is 0 Å². The van der Waals surface area contributed by atoms with Crippen LogP contribution in [0.4, 0.5) is 0 Å². The maximum absolute atomic E-state index is 4.32. The number of allylic oxidation sites excluding steroid dienone is 1. The molecule has 0 radical (unpaired) electrons. The maximum Gasteiger partial charge on any atom is 0.0701 e. The normalized spacial score (nSPS) is 11.1. The summed E-state index contributed by atoms with van der Waals surface area (Å²) in [6.07, 6.45) is 7.76. The van der Waals surface area contributed by atoms with Crippen LogP contribution in [0.3, 0.4) is 0 Å². The smallest absolute Gasteiger partial charge is 0.0701 e. The Kier molecular flexibility index (Phi) is 3.63. The molecule has 1 heterocycles. The van der Waals surface area contributed by atoms with Gasteiger partial charge in [0.05, 0.1) is 5.69 Å². The van der Waals surface area contributed by atoms with Crippen molar-refractivity contribution in [3.05, 3.63) is 41.7 Å². The van der Waals surface area contributed by atoms with Crippen molar-refractivity contribution in [1.82, 2.24) is 4.98 Å². The molecule has 0 aliphatic carbocycles. The van der Waals surface area contributed by atoms with E-state index in [-0.39, 0.29) is 0 Å². The third-order valence-corrected chi connectivity index (χ3v) is 2.21. The summed E-state index contributed by atoms with van der Waals surface area (Å²) >= 11 is 0. The summed E-state index contributed by atoms with van der Waals surface area (Å²) in [6.45, 7) is 10.2. The molecule has 0 aliphatic rings. The van der Waals surface area contributed by atoms with Crippen LogP contribution in [-0.2, 0) is 0 Å². The second-order valence-electron chi connectivity index (χ2n) is 3.56. The van der Waals surface area contributed by atoms with Crippen LogP contribution in [0.1, 0.15) is 43.5 Å². The lowest BCUT2D eigenvalue weighted by Crippen LogP contribution is -1.96. The van der Waals surface area contributed by atoms with Crippen molar-refractivity contribution in [1.29, 1.82) is 0 Å². The molecule has 0 amide bonds. The second kappa shape index (κ2) is 4.75. The van der Waals surface area contributed by atoms with Gasteiger partial charge in [-0.05, 0) is 30.5 Å². The molecule has 0 fully saturated rings. The van der Waals surface area contributed by atoms with Crippen LogP contribution in [0.2, 0.25) is 0 Å². The van der Waals surface area contributed by atoms with Gasteiger partial charge in [0.2, 0.25) is 0 Å². The number of aromatic nitrogens is 1. The molecule has 1 rings (SSSR count). The summed E-state index contributed by atoms with van der Waals surface area (Å²) < 4.78 is 0. The molecule has 1 aromatic heterocycles. The van der Waals surface area contributed by atoms with Crippen molar-refractivity contribution in [2.24, 2.45) is 0 Å². The maximum atomic E-state index is 4.32. The largest absolute Gasteiger partial charge is 0.256 e. The lowest BCUT2D eigenvalue weighted by Gasteiger charge is -2.11. The van der Waals surface area contributed by atoms with Crippen LogP contribution in [0.5, 0.6) is 0 Å². The Hall–Kier alpha value is -1.37. The summed E-state index contributed by atoms with van der Waals surface area (Å²) in [5, 5.41) is 0. The first kappa shape index (κ1) is 10.7. The number of hydrogen-bond acceptors (Lipinski definition) is 1. The Bertz CT molecular complexity index is 348. The van der Waals surface area contributed by atoms with Crippen LogP contribution >= 0.6 is 0 Å². The zero-order chi connectivity index (χ0) is 10.6. The molecule has 0 saturated heterocycles. The average molecular weight is 187 g/mol. The van der Waals surface area contributed by atoms with E-state index in [1.54, 1.807) is 0 Å². The Balaban J connectivity index is 3.31. The molecule has 0 bridgehead atoms. The summed E-state index contributed by atoms with van der Waals surface area (Å²) in [4.78, 5) is 4.32. The molecule has 0 N–H and O–H groups in total. The summed E-state index contributed by atoms with van der Waals surface area (Å²) in [7, 11) is 0. The highest BCUT2D eigenvalue weighted by molar-refractivity contribution is 5.64. The number of hydrogen-bond donors (Lipinski definition) is 0. The molecule has 0 aliphatic heterocycles. The Labute approximate surface area is 86.2 Å². The van der Waals surface area contributed by atoms with E-state index in [2.05, 4.69) is 31.5 Å². The van der Waals surface area contributed by atoms with Gasteiger partial charge in [0.15, 0.2) is 0 Å². The highest BCUT2D eigenvalue weighted by atomic mass is 14.7. The monoisotopic (exact) mass is 187 g/mol. The van der Waals surface area contributed by atoms with Crippen LogP contribution in [0.15, 0.2) is 24.9 Å². The molecular weight excluding hydrogens is 170 g/mol. The quantitative estimate of drug-likeness (QED) is 0.699. The van der Waals surface area contributed by atoms with Crippen molar-refractivity contribution in [2.75, 3.05) is 0 Å². The van der Waals surface area contributed by atoms with Gasteiger partial charge in [-0.15, -0.1) is 0 Å². The number of pyridine rings is 1. The average Bonchev–Trinajstić information content (AvgIpc) is 2.18. The van der Waals surface area contributed by atoms with Crippen molar-refractivity contribution in [2.45, 2.75) is 26.7 Å². The third kappa shape index (κ3) is 2.11. The number of rotatable bonds is 3. The van der Waals surface area contributed by atoms with Gasteiger partial charge in [0, 0.05) is 11.8 Å². The van der Waals surface area contributed by atoms with Gasteiger partial charge in [-0.25, -0.2) is 0 Å². The predicted octanol–water partition coefficient (Wildman–Crippen LogP) is 3.88. The Morgan fingerprint density at radius 2 is 2.14 bits per heavy atom. The fourth-order valence-corrected chi connectivity index (χ4v) is 1.52. The minimum atomic E-state index is 0.509. The van der Waals surface area contributed by atoms with E-state index in [1.165, 1.54) is 5.56 Å². The SMILES string of the molecule is C=Cc1c(C(C)C)ccnc1/C=C\C. The van der Waals surface area contributed by atoms with Crippen LogP contribution in [0.25, 0.3) is 12.2 Å². The molecule has 1 nitrogen and oxygen atoms in total. The van der Waals surface area contributed by atoms with Crippen molar-refractivity contribution >= 4 is 12.2 Å². The van der Waals surface area contributed by atoms with E-state index in [0.29, 0.717) is 5.92 Å². The van der Waals surface area contributed by atoms with Crippen molar-refractivity contribution in [3.63, 3.8) is 0 Å². The minimum absolute atomic E-state index is 0.509. The first-order valence-electron chi connectivity index (χ1n) is 4.94. The summed E-state index contributed by atoms with van der Waals surface area (Å²) in [6, 6.07) is 2.06. The standard InChI is InChI=1S/C13H17N/c1-5-7-13-11(6-2)12(10(3)4)8-9-14-13/h5-10H,2H2,1,3-4H3/b7-5-. The van der Waals surface area contributed by atoms with Gasteiger partial charge in [0.25, 0.3) is 0 Å². The van der Waals surface area contributed by atoms with Gasteiger partial charge in [-0.1, -0.05) is 32.6 Å². The zero-order valence-electron chi connectivity index (χ0n) is 9.12. The minimum Gasteiger partial charge on any atom is -0.256 e. The predicted molar refractivity (Wildman–Crippen MR) is 63.1 cm³/mol. The molecule has 0 spiro atoms. The molecule has 74 valence electrons. The first-order chi connectivity index (χ1) is 6.70. The summed E-state index contributed by atoms with van der Waals surface area (Å²) in [5.74, 6) is 0.509. The van der Waals surface area contributed by atoms with Crippen LogP contribution in [0, 0.1) is 0 Å². The lowest BCUT2D eigenvalue weighted by molar-refractivity contribution is 0.859. The van der Waals surface area contributed by atoms with E-state index in [0.717, 1.165) is 11.3 Å². The third-order valence-electron chi connectivity index (χ3n) is 2.21. The molecule has 0 aromatic carbocycles. The molecule has 0 saturated carbocycles. The van der Waals surface area contributed by atoms with Gasteiger partial charge in [0.1, 0.15) is 0 Å². The van der Waals surface area contributed by atoms with E-state index in [4.69, 9.17) is 0 Å². The molecule has 0 unspecified atom stereocenters. The molecule has 1 heteroatoms. The van der Waals surface area contributed by atoms with E-state index in [1.807, 2.05) is 31.3 Å². The van der Waals surface area contributed by atoms with Crippen LogP contribution in [-0.4, -0.2) is 4.98 Å². The fourth-order valence-electron chi connectivity index (χ4n) is 1.52. The summed E-state index contributed by atoms with van der Waals surface area (Å²) in [5.41, 5.74) is 3.47. The van der Waals surface area contributed by atoms with Crippen molar-refractivity contribution < 1.29 is 0 Å². The van der Waals surface area contributed by atoms with Gasteiger partial charge < -0.3 is 0 Å². The van der Waals surface area contributed by atoms with E-state index in [9.17, 15) is 0 Å². The van der Waals surface area contributed by atoms with E-state index >= 15 is 0 Å². The molecule has 0 atom stereocenters. The lowest BCUT2D eigenvalue weighted by atomic mass is 9.96. The van der Waals surface area contributed by atoms with Gasteiger partial charge in [-0.2, -0.15) is 0 Å². The molecular formula is C13H17N. The van der Waals surface area contributed by atoms with Crippen LogP contribution < -0.4 is 0 Å².